The van der Waals surface area contributed by atoms with E-state index in [0.717, 1.165) is 0 Å². The molecule has 0 fully saturated rings. The van der Waals surface area contributed by atoms with Crippen molar-refractivity contribution in [3.8, 4) is 0 Å². The van der Waals surface area contributed by atoms with E-state index < -0.39 is 0 Å². The lowest BCUT2D eigenvalue weighted by atomic mass is 10.1. The lowest BCUT2D eigenvalue weighted by molar-refractivity contribution is 1.48. The van der Waals surface area contributed by atoms with E-state index in [4.69, 9.17) is 0 Å². The van der Waals surface area contributed by atoms with Crippen LogP contribution in [0, 0.1) is 69.2 Å². The van der Waals surface area contributed by atoms with Crippen LogP contribution in [0.4, 0.5) is 0 Å². The van der Waals surface area contributed by atoms with Crippen LogP contribution in [0.15, 0.2) is 534 Å². The Hall–Kier alpha value is -13.8. The van der Waals surface area contributed by atoms with Crippen LogP contribution in [-0.4, -0.2) is 0 Å². The topological polar surface area (TPSA) is 0 Å². The molecular formula is C142H196. The van der Waals surface area contributed by atoms with E-state index in [2.05, 4.69) is 385 Å². The highest BCUT2D eigenvalue weighted by Crippen LogP contribution is 2.15. The van der Waals surface area contributed by atoms with Crippen LogP contribution >= 0.6 is 0 Å². The first-order valence-electron chi connectivity index (χ1n) is 52.7. The second-order valence-electron chi connectivity index (χ2n) is 27.1. The Kier molecular flexibility index (Phi) is 127. The van der Waals surface area contributed by atoms with Crippen molar-refractivity contribution < 1.29 is 0 Å². The molecule has 0 aliphatic carbocycles. The molecule has 0 unspecified atom stereocenters. The van der Waals surface area contributed by atoms with Gasteiger partial charge in [0.05, 0.1) is 0 Å². The molecule has 19 rings (SSSR count). The highest BCUT2D eigenvalue weighted by Gasteiger charge is 1.90. The molecule has 0 nitrogen and oxygen atoms in total. The molecule has 0 N–H and O–H groups in total. The van der Waals surface area contributed by atoms with Crippen molar-refractivity contribution in [1.82, 2.24) is 0 Å². The maximum absolute atomic E-state index is 2.12. The van der Waals surface area contributed by atoms with E-state index in [1.54, 1.807) is 0 Å². The first-order valence-corrected chi connectivity index (χ1v) is 52.7. The highest BCUT2D eigenvalue weighted by atomic mass is 14.0. The van der Waals surface area contributed by atoms with Gasteiger partial charge in [-0.2, -0.15) is 0 Å². The third-order valence-corrected chi connectivity index (χ3v) is 16.7. The summed E-state index contributed by atoms with van der Waals surface area (Å²) < 4.78 is 0. The van der Waals surface area contributed by atoms with Gasteiger partial charge < -0.3 is 0 Å². The van der Waals surface area contributed by atoms with Gasteiger partial charge in [-0.15, -0.1) is 0 Å². The van der Waals surface area contributed by atoms with Crippen LogP contribution in [0.3, 0.4) is 0 Å². The number of fused-ring (bicyclic) bond motifs is 4. The van der Waals surface area contributed by atoms with Gasteiger partial charge in [-0.05, 0) is 112 Å². The van der Waals surface area contributed by atoms with Crippen molar-refractivity contribution in [2.75, 3.05) is 0 Å². The molecule has 19 aromatic rings. The van der Waals surface area contributed by atoms with Gasteiger partial charge >= 0.3 is 0 Å². The maximum atomic E-state index is 2.12. The van der Waals surface area contributed by atoms with Crippen LogP contribution in [0.2, 0.25) is 0 Å². The molecule has 142 heavy (non-hydrogen) atoms. The van der Waals surface area contributed by atoms with E-state index in [-0.39, 0.29) is 0 Å². The minimum Gasteiger partial charge on any atom is -0.0683 e. The van der Waals surface area contributed by atoms with E-state index >= 15 is 0 Å². The van der Waals surface area contributed by atoms with Crippen LogP contribution in [-0.2, 0) is 0 Å². The molecule has 0 spiro atoms. The van der Waals surface area contributed by atoms with Crippen molar-refractivity contribution in [3.63, 3.8) is 0 Å². The molecule has 0 heteroatoms. The third kappa shape index (κ3) is 95.2. The van der Waals surface area contributed by atoms with Crippen LogP contribution < -0.4 is 0 Å². The molecule has 764 valence electrons. The van der Waals surface area contributed by atoms with Crippen molar-refractivity contribution in [2.45, 2.75) is 249 Å². The summed E-state index contributed by atoms with van der Waals surface area (Å²) in [5.41, 5.74) is 13.2. The molecule has 0 aliphatic rings. The maximum Gasteiger partial charge on any atom is -0.0184 e. The fourth-order valence-electron chi connectivity index (χ4n) is 10.3. The summed E-state index contributed by atoms with van der Waals surface area (Å²) >= 11 is 0. The van der Waals surface area contributed by atoms with Crippen molar-refractivity contribution in [2.24, 2.45) is 0 Å². The van der Waals surface area contributed by atoms with Gasteiger partial charge in [0, 0.05) is 0 Å². The van der Waals surface area contributed by atoms with Crippen molar-refractivity contribution in [1.29, 1.82) is 0 Å². The molecule has 0 bridgehead atoms. The van der Waals surface area contributed by atoms with Crippen LogP contribution in [0.1, 0.15) is 236 Å². The largest absolute Gasteiger partial charge is 0.0683 e. The van der Waals surface area contributed by atoms with E-state index in [1.165, 1.54) is 98.7 Å². The summed E-state index contributed by atoms with van der Waals surface area (Å²) in [5.74, 6) is 0. The Morgan fingerprint density at radius 3 is 0.148 bits per heavy atom. The summed E-state index contributed by atoms with van der Waals surface area (Å²) in [6, 6.07) is 181. The van der Waals surface area contributed by atoms with Gasteiger partial charge in [-0.1, -0.05) is 769 Å². The predicted molar refractivity (Wildman–Crippen MR) is 662 cm³/mol. The Morgan fingerprint density at radius 1 is 0.0634 bits per heavy atom. The Bertz CT molecular complexity index is 4200. The molecule has 0 aliphatic heterocycles. The Labute approximate surface area is 875 Å². The molecule has 0 saturated heterocycles. The molecule has 19 aromatic carbocycles. The number of hydrogen-bond acceptors (Lipinski definition) is 0. The summed E-state index contributed by atoms with van der Waals surface area (Å²) in [6.07, 6.45) is 0. The van der Waals surface area contributed by atoms with Gasteiger partial charge in [0.25, 0.3) is 0 Å². The zero-order chi connectivity index (χ0) is 109. The summed E-state index contributed by atoms with van der Waals surface area (Å²) in [5, 5.41) is 10.5. The number of hydrogen-bond donors (Lipinski definition) is 0. The predicted octanol–water partition coefficient (Wildman–Crippen LogP) is 46.3. The highest BCUT2D eigenvalue weighted by molar-refractivity contribution is 5.84. The molecule has 0 aromatic heterocycles. The van der Waals surface area contributed by atoms with Gasteiger partial charge in [0.2, 0.25) is 0 Å². The summed E-state index contributed by atoms with van der Waals surface area (Å²) in [4.78, 5) is 0. The Balaban J connectivity index is -0.000000188. The zero-order valence-corrected chi connectivity index (χ0v) is 95.8. The van der Waals surface area contributed by atoms with Gasteiger partial charge in [0.15, 0.2) is 0 Å². The third-order valence-electron chi connectivity index (χ3n) is 16.7. The standard InChI is InChI=1S/4C10H8.10C7H8.C6H6.13C2H6/c4*1-2-6-10-8-4-3-7-9(10)5-1;10*1-7-5-3-2-4-6-7;1-2-4-6-5-3-1;13*1-2/h4*1-8H;10*2-6H,1H3;1-6H;13*1-2H3. The minimum atomic E-state index is 1.31. The van der Waals surface area contributed by atoms with Crippen LogP contribution in [0.5, 0.6) is 0 Å². The van der Waals surface area contributed by atoms with Crippen molar-refractivity contribution in [3.05, 3.63) is 589 Å². The zero-order valence-electron chi connectivity index (χ0n) is 95.8. The van der Waals surface area contributed by atoms with Crippen molar-refractivity contribution >= 4 is 43.1 Å². The van der Waals surface area contributed by atoms with Crippen LogP contribution in [0.25, 0.3) is 43.1 Å². The van der Waals surface area contributed by atoms with E-state index in [0.29, 0.717) is 0 Å². The van der Waals surface area contributed by atoms with Gasteiger partial charge in [-0.25, -0.2) is 0 Å². The second kappa shape index (κ2) is 123. The summed E-state index contributed by atoms with van der Waals surface area (Å²) in [7, 11) is 0. The van der Waals surface area contributed by atoms with Gasteiger partial charge in [-0.3, -0.25) is 0 Å². The average Bonchev–Trinajstić information content (AvgIpc) is 0.883. The second-order valence-corrected chi connectivity index (χ2v) is 27.1. The smallest absolute Gasteiger partial charge is 0.0184 e. The number of benzene rings is 19. The fourth-order valence-corrected chi connectivity index (χ4v) is 10.3. The SMILES string of the molecule is CC.CC.CC.CC.CC.CC.CC.CC.CC.CC.CC.CC.CC.Cc1ccccc1.Cc1ccccc1.Cc1ccccc1.Cc1ccccc1.Cc1ccccc1.Cc1ccccc1.Cc1ccccc1.Cc1ccccc1.Cc1ccccc1.Cc1ccccc1.c1ccc2ccccc2c1.c1ccc2ccccc2c1.c1ccc2ccccc2c1.c1ccc2ccccc2c1.c1ccccc1. The molecule has 0 radical (unpaired) electrons. The first-order chi connectivity index (χ1) is 69.8. The first kappa shape index (κ1) is 146. The van der Waals surface area contributed by atoms with E-state index in [1.807, 2.05) is 398 Å². The lowest BCUT2D eigenvalue weighted by Gasteiger charge is -1.92. The number of rotatable bonds is 0. The molecule has 0 amide bonds. The quantitative estimate of drug-likeness (QED) is 0.142. The number of aryl methyl sites for hydroxylation is 10. The summed E-state index contributed by atoms with van der Waals surface area (Å²) in [6.45, 7) is 72.8. The molecule has 0 atom stereocenters. The van der Waals surface area contributed by atoms with Gasteiger partial charge in [0.1, 0.15) is 0 Å². The Morgan fingerprint density at radius 2 is 0.106 bits per heavy atom. The monoisotopic (exact) mass is 1900 g/mol. The normalized spacial score (nSPS) is 8.00. The average molecular weight is 1900 g/mol. The fraction of sp³-hybridized carbons (Fsp3) is 0.254. The lowest BCUT2D eigenvalue weighted by Crippen LogP contribution is -1.67. The molecule has 0 saturated carbocycles. The minimum absolute atomic E-state index is 1.31. The molecular weight excluding hydrogens is 1710 g/mol. The van der Waals surface area contributed by atoms with E-state index in [9.17, 15) is 0 Å². The molecule has 0 heterocycles.